The lowest BCUT2D eigenvalue weighted by Crippen LogP contribution is -2.50. The highest BCUT2D eigenvalue weighted by Gasteiger charge is 2.34. The maximum atomic E-state index is 12.5. The molecule has 1 saturated carbocycles. The van der Waals surface area contributed by atoms with Crippen molar-refractivity contribution in [1.29, 1.82) is 0 Å². The van der Waals surface area contributed by atoms with Gasteiger partial charge in [0.05, 0.1) is 19.3 Å². The van der Waals surface area contributed by atoms with Gasteiger partial charge in [-0.25, -0.2) is 0 Å². The van der Waals surface area contributed by atoms with Crippen LogP contribution in [0.2, 0.25) is 0 Å². The predicted octanol–water partition coefficient (Wildman–Crippen LogP) is 2.26. The van der Waals surface area contributed by atoms with Crippen LogP contribution in [0.5, 0.6) is 0 Å². The molecule has 1 aliphatic carbocycles. The van der Waals surface area contributed by atoms with Gasteiger partial charge in [0.15, 0.2) is 0 Å². The minimum atomic E-state index is -0.0142. The zero-order chi connectivity index (χ0) is 19.2. The average Bonchev–Trinajstić information content (AvgIpc) is 3.43. The lowest BCUT2D eigenvalue weighted by Gasteiger charge is -2.33. The number of hydrogen-bond acceptors (Lipinski definition) is 5. The molecule has 162 valence electrons. The van der Waals surface area contributed by atoms with Gasteiger partial charge in [-0.3, -0.25) is 4.79 Å². The second kappa shape index (κ2) is 11.3. The van der Waals surface area contributed by atoms with Crippen molar-refractivity contribution in [1.82, 2.24) is 16.0 Å². The molecule has 2 saturated heterocycles. The zero-order valence-corrected chi connectivity index (χ0v) is 17.8. The van der Waals surface area contributed by atoms with Crippen LogP contribution in [0.4, 0.5) is 0 Å². The second-order valence-corrected chi connectivity index (χ2v) is 8.26. The summed E-state index contributed by atoms with van der Waals surface area (Å²) in [5, 5.41) is 10.4. The Morgan fingerprint density at radius 2 is 2.10 bits per heavy atom. The summed E-state index contributed by atoms with van der Waals surface area (Å²) in [7, 11) is 0. The van der Waals surface area contributed by atoms with Gasteiger partial charge in [-0.05, 0) is 49.3 Å². The summed E-state index contributed by atoms with van der Waals surface area (Å²) in [6, 6.07) is 8.93. The Balaban J connectivity index is 0.00000240. The summed E-state index contributed by atoms with van der Waals surface area (Å²) in [4.78, 5) is 12.5. The van der Waals surface area contributed by atoms with Crippen molar-refractivity contribution in [2.75, 3.05) is 32.9 Å². The van der Waals surface area contributed by atoms with Crippen LogP contribution >= 0.6 is 12.4 Å². The molecule has 0 radical (unpaired) electrons. The molecule has 3 aliphatic rings. The number of carbonyl (C=O) groups is 1. The molecule has 3 fully saturated rings. The lowest BCUT2D eigenvalue weighted by atomic mass is 9.94. The molecule has 4 unspecified atom stereocenters. The highest BCUT2D eigenvalue weighted by molar-refractivity contribution is 5.94. The first-order chi connectivity index (χ1) is 13.8. The van der Waals surface area contributed by atoms with Crippen LogP contribution in [0.3, 0.4) is 0 Å². The van der Waals surface area contributed by atoms with Gasteiger partial charge < -0.3 is 25.4 Å². The van der Waals surface area contributed by atoms with E-state index in [1.807, 2.05) is 18.2 Å². The molecule has 4 rings (SSSR count). The van der Waals surface area contributed by atoms with Gasteiger partial charge in [0, 0.05) is 43.9 Å². The van der Waals surface area contributed by atoms with Crippen molar-refractivity contribution in [2.45, 2.75) is 56.8 Å². The van der Waals surface area contributed by atoms with Gasteiger partial charge in [0.25, 0.3) is 5.91 Å². The Bertz CT molecular complexity index is 648. The molecule has 6 nitrogen and oxygen atoms in total. The fraction of sp³-hybridized carbons (Fsp3) is 0.682. The molecule has 1 amide bonds. The zero-order valence-electron chi connectivity index (χ0n) is 17.0. The highest BCUT2D eigenvalue weighted by Crippen LogP contribution is 2.29. The molecule has 1 aromatic rings. The summed E-state index contributed by atoms with van der Waals surface area (Å²) >= 11 is 0. The third kappa shape index (κ3) is 6.15. The van der Waals surface area contributed by atoms with E-state index in [1.165, 1.54) is 19.3 Å². The van der Waals surface area contributed by atoms with Crippen LogP contribution < -0.4 is 16.0 Å². The number of hydrogen-bond donors (Lipinski definition) is 3. The molecular weight excluding hydrogens is 390 g/mol. The molecule has 4 atom stereocenters. The van der Waals surface area contributed by atoms with E-state index >= 15 is 0 Å². The fourth-order valence-electron chi connectivity index (χ4n) is 4.77. The Morgan fingerprint density at radius 1 is 1.17 bits per heavy atom. The minimum Gasteiger partial charge on any atom is -0.379 e. The molecule has 0 aromatic heterocycles. The number of rotatable bonds is 7. The van der Waals surface area contributed by atoms with Gasteiger partial charge >= 0.3 is 0 Å². The first-order valence-electron chi connectivity index (χ1n) is 10.8. The van der Waals surface area contributed by atoms with E-state index in [2.05, 4.69) is 22.0 Å². The normalized spacial score (nSPS) is 29.4. The Kier molecular flexibility index (Phi) is 8.75. The van der Waals surface area contributed by atoms with E-state index < -0.39 is 0 Å². The standard InChI is InChI=1S/C22H33N3O3.ClH/c26-22(25-14-18-6-3-10-28-18)17-5-1-4-16(12-17)13-24-20-8-2-7-19(20)21-15-27-11-9-23-21;/h1,4-5,12,18-21,23-24H,2-3,6-11,13-15H2,(H,25,26);1H. The molecule has 2 heterocycles. The smallest absolute Gasteiger partial charge is 0.251 e. The average molecular weight is 424 g/mol. The van der Waals surface area contributed by atoms with Crippen molar-refractivity contribution in [3.63, 3.8) is 0 Å². The predicted molar refractivity (Wildman–Crippen MR) is 116 cm³/mol. The third-order valence-corrected chi connectivity index (χ3v) is 6.31. The van der Waals surface area contributed by atoms with Crippen LogP contribution in [0.1, 0.15) is 48.0 Å². The third-order valence-electron chi connectivity index (χ3n) is 6.31. The van der Waals surface area contributed by atoms with Crippen LogP contribution in [-0.2, 0) is 16.0 Å². The summed E-state index contributed by atoms with van der Waals surface area (Å²) in [6.07, 6.45) is 6.03. The van der Waals surface area contributed by atoms with Gasteiger partial charge in [-0.15, -0.1) is 12.4 Å². The molecule has 0 spiro atoms. The molecule has 2 aliphatic heterocycles. The Morgan fingerprint density at radius 3 is 2.90 bits per heavy atom. The Labute approximate surface area is 179 Å². The number of nitrogens with one attached hydrogen (secondary N) is 3. The van der Waals surface area contributed by atoms with E-state index in [9.17, 15) is 4.79 Å². The maximum absolute atomic E-state index is 12.5. The minimum absolute atomic E-state index is 0. The molecule has 1 aromatic carbocycles. The number of benzene rings is 1. The van der Waals surface area contributed by atoms with E-state index in [0.717, 1.165) is 56.9 Å². The number of carbonyl (C=O) groups excluding carboxylic acids is 1. The SMILES string of the molecule is Cl.O=C(NCC1CCCO1)c1cccc(CNC2CCCC2C2COCCN2)c1. The summed E-state index contributed by atoms with van der Waals surface area (Å²) in [5.74, 6) is 0.609. The number of morpholine rings is 1. The topological polar surface area (TPSA) is 71.6 Å². The summed E-state index contributed by atoms with van der Waals surface area (Å²) in [5.41, 5.74) is 1.88. The summed E-state index contributed by atoms with van der Waals surface area (Å²) in [6.45, 7) is 4.80. The van der Waals surface area contributed by atoms with E-state index in [4.69, 9.17) is 9.47 Å². The van der Waals surface area contributed by atoms with Crippen LogP contribution in [-0.4, -0.2) is 57.0 Å². The largest absolute Gasteiger partial charge is 0.379 e. The van der Waals surface area contributed by atoms with Gasteiger partial charge in [0.2, 0.25) is 0 Å². The van der Waals surface area contributed by atoms with Crippen molar-refractivity contribution in [3.8, 4) is 0 Å². The van der Waals surface area contributed by atoms with E-state index in [0.29, 0.717) is 24.5 Å². The molecule has 0 bridgehead atoms. The number of halogens is 1. The maximum Gasteiger partial charge on any atom is 0.251 e. The second-order valence-electron chi connectivity index (χ2n) is 8.26. The van der Waals surface area contributed by atoms with Crippen molar-refractivity contribution in [3.05, 3.63) is 35.4 Å². The number of ether oxygens (including phenoxy) is 2. The van der Waals surface area contributed by atoms with E-state index in [1.54, 1.807) is 0 Å². The molecule has 7 heteroatoms. The number of amides is 1. The highest BCUT2D eigenvalue weighted by atomic mass is 35.5. The monoisotopic (exact) mass is 423 g/mol. The summed E-state index contributed by atoms with van der Waals surface area (Å²) < 4.78 is 11.2. The van der Waals surface area contributed by atoms with Crippen molar-refractivity contribution < 1.29 is 14.3 Å². The molecule has 3 N–H and O–H groups in total. The van der Waals surface area contributed by atoms with Crippen molar-refractivity contribution in [2.24, 2.45) is 5.92 Å². The van der Waals surface area contributed by atoms with Crippen LogP contribution in [0.15, 0.2) is 24.3 Å². The first-order valence-corrected chi connectivity index (χ1v) is 10.8. The van der Waals surface area contributed by atoms with Gasteiger partial charge in [-0.2, -0.15) is 0 Å². The first kappa shape index (κ1) is 22.5. The van der Waals surface area contributed by atoms with Crippen LogP contribution in [0, 0.1) is 5.92 Å². The quantitative estimate of drug-likeness (QED) is 0.627. The van der Waals surface area contributed by atoms with E-state index in [-0.39, 0.29) is 24.4 Å². The lowest BCUT2D eigenvalue weighted by molar-refractivity contribution is 0.0524. The van der Waals surface area contributed by atoms with Gasteiger partial charge in [-0.1, -0.05) is 18.6 Å². The van der Waals surface area contributed by atoms with Crippen molar-refractivity contribution >= 4 is 18.3 Å². The van der Waals surface area contributed by atoms with Crippen LogP contribution in [0.25, 0.3) is 0 Å². The Hall–Kier alpha value is -1.18. The van der Waals surface area contributed by atoms with Gasteiger partial charge in [0.1, 0.15) is 0 Å². The molecular formula is C22H34ClN3O3. The fourth-order valence-corrected chi connectivity index (χ4v) is 4.77. The molecule has 29 heavy (non-hydrogen) atoms.